The molecule has 0 aromatic carbocycles. The molecule has 1 rings (SSSR count). The molecule has 1 aliphatic rings. The molecule has 0 spiro atoms. The van der Waals surface area contributed by atoms with Crippen molar-refractivity contribution in [2.24, 2.45) is 0 Å². The van der Waals surface area contributed by atoms with E-state index in [1.165, 1.54) is 13.7 Å². The largest absolute Gasteiger partial charge is 0.544 e. The van der Waals surface area contributed by atoms with Crippen LogP contribution in [0.4, 0.5) is 0 Å². The molecule has 7 nitrogen and oxygen atoms in total. The Kier molecular flexibility index (Phi) is 8.00. The summed E-state index contributed by atoms with van der Waals surface area (Å²) in [6, 6.07) is -0.744. The van der Waals surface area contributed by atoms with Crippen molar-refractivity contribution in [3.05, 3.63) is 6.61 Å². The maximum Gasteiger partial charge on any atom is 0.396 e. The van der Waals surface area contributed by atoms with E-state index >= 15 is 0 Å². The van der Waals surface area contributed by atoms with Gasteiger partial charge in [0.25, 0.3) is 0 Å². The predicted octanol–water partition coefficient (Wildman–Crippen LogP) is -1.79. The molecule has 96 valence electrons. The Hall–Kier alpha value is -0.128. The van der Waals surface area contributed by atoms with Crippen LogP contribution in [0.2, 0.25) is 0 Å². The fourth-order valence-corrected chi connectivity index (χ4v) is 1.30. The minimum Gasteiger partial charge on any atom is -0.544 e. The SMILES string of the molecule is COC[C@H]1O[CH-]C(NC(=O)C(=O)OC)[C@H]1O.[U]. The third-order valence-corrected chi connectivity index (χ3v) is 2.15. The number of aliphatic hydroxyl groups is 1. The summed E-state index contributed by atoms with van der Waals surface area (Å²) in [5.74, 6) is -1.94. The maximum atomic E-state index is 11.1. The number of nitrogens with one attached hydrogen (secondary N) is 1. The van der Waals surface area contributed by atoms with Crippen LogP contribution in [0, 0.1) is 37.7 Å². The number of esters is 1. The zero-order valence-corrected chi connectivity index (χ0v) is 13.7. The van der Waals surface area contributed by atoms with E-state index in [1.807, 2.05) is 0 Å². The molecule has 1 unspecified atom stereocenters. The monoisotopic (exact) mass is 470 g/mol. The van der Waals surface area contributed by atoms with Crippen molar-refractivity contribution < 1.29 is 60.0 Å². The molecule has 0 aromatic rings. The van der Waals surface area contributed by atoms with Crippen LogP contribution >= 0.6 is 0 Å². The first-order valence-corrected chi connectivity index (χ1v) is 4.64. The van der Waals surface area contributed by atoms with Crippen LogP contribution in [0.5, 0.6) is 0 Å². The predicted molar refractivity (Wildman–Crippen MR) is 51.0 cm³/mol. The number of methoxy groups -OCH3 is 2. The van der Waals surface area contributed by atoms with E-state index < -0.39 is 30.1 Å². The number of carbonyl (C=O) groups is 2. The van der Waals surface area contributed by atoms with E-state index in [9.17, 15) is 14.7 Å². The van der Waals surface area contributed by atoms with Gasteiger partial charge in [0.05, 0.1) is 25.9 Å². The van der Waals surface area contributed by atoms with Crippen LogP contribution < -0.4 is 5.32 Å². The molecule has 1 amide bonds. The number of hydrogen-bond acceptors (Lipinski definition) is 6. The fraction of sp³-hybridized carbons (Fsp3) is 0.667. The molecule has 1 fully saturated rings. The molecule has 0 aliphatic carbocycles. The van der Waals surface area contributed by atoms with Gasteiger partial charge in [-0.25, -0.2) is 4.79 Å². The molecule has 0 saturated carbocycles. The molecule has 8 heteroatoms. The van der Waals surface area contributed by atoms with Crippen LogP contribution in [0.3, 0.4) is 0 Å². The van der Waals surface area contributed by atoms with Crippen molar-refractivity contribution in [2.75, 3.05) is 20.8 Å². The van der Waals surface area contributed by atoms with Crippen molar-refractivity contribution >= 4 is 11.9 Å². The molecule has 17 heavy (non-hydrogen) atoms. The molecular weight excluding hydrogens is 456 g/mol. The minimum atomic E-state index is -1.02. The van der Waals surface area contributed by atoms with Gasteiger partial charge in [-0.3, -0.25) is 4.79 Å². The topological polar surface area (TPSA) is 94.1 Å². The van der Waals surface area contributed by atoms with Gasteiger partial charge in [-0.2, -0.15) is 6.61 Å². The summed E-state index contributed by atoms with van der Waals surface area (Å²) >= 11 is 0. The average molecular weight is 470 g/mol. The first-order chi connectivity index (χ1) is 7.60. The van der Waals surface area contributed by atoms with E-state index in [1.54, 1.807) is 0 Å². The van der Waals surface area contributed by atoms with Crippen molar-refractivity contribution in [3.63, 3.8) is 0 Å². The first kappa shape index (κ1) is 16.9. The number of amides is 1. The molecule has 0 aromatic heterocycles. The number of aliphatic hydroxyl groups excluding tert-OH is 1. The Bertz CT molecular complexity index is 274. The van der Waals surface area contributed by atoms with Crippen LogP contribution in [0.15, 0.2) is 0 Å². The summed E-state index contributed by atoms with van der Waals surface area (Å²) < 4.78 is 14.1. The summed E-state index contributed by atoms with van der Waals surface area (Å²) in [6.45, 7) is 1.46. The van der Waals surface area contributed by atoms with E-state index in [0.717, 1.165) is 7.11 Å². The first-order valence-electron chi connectivity index (χ1n) is 4.64. The Balaban J connectivity index is 0.00000256. The number of hydrogen-bond donors (Lipinski definition) is 2. The van der Waals surface area contributed by atoms with Crippen molar-refractivity contribution in [2.45, 2.75) is 18.2 Å². The second kappa shape index (κ2) is 8.06. The van der Waals surface area contributed by atoms with Crippen LogP contribution in [-0.4, -0.2) is 56.1 Å². The summed E-state index contributed by atoms with van der Waals surface area (Å²) in [4.78, 5) is 22.0. The van der Waals surface area contributed by atoms with Gasteiger partial charge in [0.1, 0.15) is 0 Å². The van der Waals surface area contributed by atoms with E-state index in [-0.39, 0.29) is 37.7 Å². The minimum absolute atomic E-state index is 0. The molecule has 1 aliphatic heterocycles. The van der Waals surface area contributed by atoms with E-state index in [2.05, 4.69) is 10.1 Å². The van der Waals surface area contributed by atoms with Gasteiger partial charge >= 0.3 is 11.9 Å². The standard InChI is InChI=1S/C9H14NO6.U/c1-14-4-6-7(11)5(3-16-6)10-8(12)9(13)15-2;/h3,5-7,11H,4H2,1-2H3,(H,10,12);/q-1;/t5?,6-,7-;/m1./s1. The third kappa shape index (κ3) is 4.56. The average Bonchev–Trinajstić information content (AvgIpc) is 2.61. The van der Waals surface area contributed by atoms with E-state index in [0.29, 0.717) is 0 Å². The molecule has 3 atom stereocenters. The Labute approximate surface area is 123 Å². The van der Waals surface area contributed by atoms with Gasteiger partial charge in [0.2, 0.25) is 0 Å². The van der Waals surface area contributed by atoms with Gasteiger partial charge in [0.15, 0.2) is 0 Å². The van der Waals surface area contributed by atoms with Crippen LogP contribution in [-0.2, 0) is 23.8 Å². The third-order valence-electron chi connectivity index (χ3n) is 2.15. The Morgan fingerprint density at radius 1 is 1.47 bits per heavy atom. The van der Waals surface area contributed by atoms with E-state index in [4.69, 9.17) is 9.47 Å². The van der Waals surface area contributed by atoms with Crippen molar-refractivity contribution in [1.29, 1.82) is 0 Å². The summed E-state index contributed by atoms with van der Waals surface area (Å²) in [6.07, 6.45) is -1.50. The Morgan fingerprint density at radius 2 is 2.12 bits per heavy atom. The number of ether oxygens (including phenoxy) is 3. The van der Waals surface area contributed by atoms with Gasteiger partial charge in [-0.15, -0.1) is 0 Å². The van der Waals surface area contributed by atoms with Crippen LogP contribution in [0.1, 0.15) is 0 Å². The summed E-state index contributed by atoms with van der Waals surface area (Å²) in [5.41, 5.74) is 0. The van der Waals surface area contributed by atoms with Crippen molar-refractivity contribution in [3.8, 4) is 0 Å². The van der Waals surface area contributed by atoms with Gasteiger partial charge in [-0.1, -0.05) is 0 Å². The molecule has 2 N–H and O–H groups in total. The fourth-order valence-electron chi connectivity index (χ4n) is 1.30. The summed E-state index contributed by atoms with van der Waals surface area (Å²) in [5, 5.41) is 11.9. The molecule has 1 heterocycles. The zero-order valence-electron chi connectivity index (χ0n) is 9.50. The molecule has 0 bridgehead atoms. The molecule has 1 saturated heterocycles. The normalized spacial score (nSPS) is 27.1. The smallest absolute Gasteiger partial charge is 0.396 e. The second-order valence-electron chi connectivity index (χ2n) is 3.25. The molecule has 0 radical (unpaired) electrons. The van der Waals surface area contributed by atoms with Gasteiger partial charge in [-0.05, 0) is 6.04 Å². The van der Waals surface area contributed by atoms with Gasteiger partial charge in [0, 0.05) is 38.2 Å². The second-order valence-corrected chi connectivity index (χ2v) is 3.25. The Morgan fingerprint density at radius 3 is 2.65 bits per heavy atom. The maximum absolute atomic E-state index is 11.1. The van der Waals surface area contributed by atoms with Crippen molar-refractivity contribution in [1.82, 2.24) is 5.32 Å². The zero-order chi connectivity index (χ0) is 12.1. The van der Waals surface area contributed by atoms with Crippen LogP contribution in [0.25, 0.3) is 0 Å². The number of rotatable bonds is 3. The number of carbonyl (C=O) groups excluding carboxylic acids is 2. The van der Waals surface area contributed by atoms with Gasteiger partial charge < -0.3 is 24.6 Å². The quantitative estimate of drug-likeness (QED) is 0.288. The summed E-state index contributed by atoms with van der Waals surface area (Å²) in [7, 11) is 2.57. The molecular formula is C9H14NO6U-.